The van der Waals surface area contributed by atoms with E-state index in [9.17, 15) is 4.79 Å². The van der Waals surface area contributed by atoms with Crippen LogP contribution in [0.5, 0.6) is 0 Å². The summed E-state index contributed by atoms with van der Waals surface area (Å²) in [5, 5.41) is 6.62. The van der Waals surface area contributed by atoms with E-state index in [0.717, 1.165) is 38.8 Å². The van der Waals surface area contributed by atoms with Gasteiger partial charge in [-0.2, -0.15) is 0 Å². The van der Waals surface area contributed by atoms with Gasteiger partial charge >= 0.3 is 6.09 Å². The van der Waals surface area contributed by atoms with Gasteiger partial charge in [0.05, 0.1) is 0 Å². The fourth-order valence-corrected chi connectivity index (χ4v) is 2.97. The number of ether oxygens (including phenoxy) is 1. The highest BCUT2D eigenvalue weighted by Crippen LogP contribution is 2.20. The van der Waals surface area contributed by atoms with Crippen molar-refractivity contribution in [3.05, 3.63) is 24.0 Å². The van der Waals surface area contributed by atoms with Crippen molar-refractivity contribution in [2.75, 3.05) is 0 Å². The highest BCUT2D eigenvalue weighted by molar-refractivity contribution is 5.68. The van der Waals surface area contributed by atoms with Gasteiger partial charge in [-0.05, 0) is 65.0 Å². The zero-order valence-corrected chi connectivity index (χ0v) is 14.9. The number of hydrogen-bond acceptors (Lipinski definition) is 3. The minimum Gasteiger partial charge on any atom is -0.444 e. The first-order valence-corrected chi connectivity index (χ1v) is 8.73. The number of aryl methyl sites for hydroxylation is 1. The van der Waals surface area contributed by atoms with Gasteiger partial charge in [0.2, 0.25) is 0 Å². The monoisotopic (exact) mass is 321 g/mol. The van der Waals surface area contributed by atoms with Crippen LogP contribution < -0.4 is 10.6 Å². The van der Waals surface area contributed by atoms with Crippen LogP contribution in [0.25, 0.3) is 0 Å². The van der Waals surface area contributed by atoms with Crippen molar-refractivity contribution in [1.29, 1.82) is 0 Å². The third-order valence-electron chi connectivity index (χ3n) is 4.22. The molecule has 0 unspecified atom stereocenters. The Morgan fingerprint density at radius 3 is 2.48 bits per heavy atom. The molecule has 5 nitrogen and oxygen atoms in total. The van der Waals surface area contributed by atoms with Crippen LogP contribution in [0.3, 0.4) is 0 Å². The van der Waals surface area contributed by atoms with Crippen molar-refractivity contribution in [1.82, 2.24) is 15.2 Å². The van der Waals surface area contributed by atoms with Gasteiger partial charge in [0.1, 0.15) is 5.60 Å². The Morgan fingerprint density at radius 1 is 1.26 bits per heavy atom. The van der Waals surface area contributed by atoms with Gasteiger partial charge in [0.15, 0.2) is 0 Å². The van der Waals surface area contributed by atoms with Crippen molar-refractivity contribution in [3.63, 3.8) is 0 Å². The molecule has 1 aliphatic carbocycles. The molecule has 0 aromatic carbocycles. The van der Waals surface area contributed by atoms with E-state index < -0.39 is 5.60 Å². The molecule has 0 aliphatic heterocycles. The second kappa shape index (κ2) is 7.86. The normalized spacial score (nSPS) is 21.9. The topological polar surface area (TPSA) is 55.3 Å². The largest absolute Gasteiger partial charge is 0.444 e. The van der Waals surface area contributed by atoms with Crippen molar-refractivity contribution < 1.29 is 9.53 Å². The number of aromatic nitrogens is 1. The van der Waals surface area contributed by atoms with Crippen LogP contribution in [-0.4, -0.2) is 28.3 Å². The first kappa shape index (κ1) is 17.9. The molecule has 2 rings (SSSR count). The number of rotatable bonds is 5. The lowest BCUT2D eigenvalue weighted by molar-refractivity contribution is 0.0490. The van der Waals surface area contributed by atoms with E-state index in [1.807, 2.05) is 20.8 Å². The van der Waals surface area contributed by atoms with Gasteiger partial charge in [-0.3, -0.25) is 0 Å². The van der Waals surface area contributed by atoms with Gasteiger partial charge in [0.25, 0.3) is 0 Å². The molecule has 1 fully saturated rings. The maximum absolute atomic E-state index is 11.8. The molecule has 1 heterocycles. The van der Waals surface area contributed by atoms with Gasteiger partial charge in [-0.15, -0.1) is 0 Å². The van der Waals surface area contributed by atoms with Crippen LogP contribution >= 0.6 is 0 Å². The van der Waals surface area contributed by atoms with Crippen molar-refractivity contribution in [2.24, 2.45) is 0 Å². The second-order valence-electron chi connectivity index (χ2n) is 7.43. The smallest absolute Gasteiger partial charge is 0.407 e. The molecule has 1 aromatic rings. The quantitative estimate of drug-likeness (QED) is 0.873. The van der Waals surface area contributed by atoms with Crippen molar-refractivity contribution in [2.45, 2.75) is 84.2 Å². The average molecular weight is 321 g/mol. The zero-order chi connectivity index (χ0) is 16.9. The SMILES string of the molecule is CCn1ccc(CNC2CCC(NC(=O)OC(C)(C)C)CC2)c1. The number of carbonyl (C=O) groups excluding carboxylic acids is 1. The van der Waals surface area contributed by atoms with Crippen LogP contribution in [0, 0.1) is 0 Å². The summed E-state index contributed by atoms with van der Waals surface area (Å²) in [6, 6.07) is 2.95. The molecule has 0 radical (unpaired) electrons. The van der Waals surface area contributed by atoms with Gasteiger partial charge < -0.3 is 19.9 Å². The predicted molar refractivity (Wildman–Crippen MR) is 92.4 cm³/mol. The lowest BCUT2D eigenvalue weighted by Crippen LogP contribution is -2.43. The van der Waals surface area contributed by atoms with Crippen LogP contribution in [0.15, 0.2) is 18.5 Å². The van der Waals surface area contributed by atoms with Gasteiger partial charge in [0, 0.05) is 37.6 Å². The Bertz CT molecular complexity index is 497. The van der Waals surface area contributed by atoms with Gasteiger partial charge in [-0.25, -0.2) is 4.79 Å². The number of nitrogens with zero attached hydrogens (tertiary/aromatic N) is 1. The fourth-order valence-electron chi connectivity index (χ4n) is 2.97. The molecule has 1 aliphatic rings. The van der Waals surface area contributed by atoms with E-state index in [1.54, 1.807) is 0 Å². The minimum atomic E-state index is -0.433. The third-order valence-corrected chi connectivity index (χ3v) is 4.22. The Kier molecular flexibility index (Phi) is 6.10. The minimum absolute atomic E-state index is 0.240. The molecule has 1 amide bonds. The average Bonchev–Trinajstić information content (AvgIpc) is 2.92. The summed E-state index contributed by atoms with van der Waals surface area (Å²) in [5.74, 6) is 0. The number of amides is 1. The fraction of sp³-hybridized carbons (Fsp3) is 0.722. The lowest BCUT2D eigenvalue weighted by atomic mass is 9.91. The summed E-state index contributed by atoms with van der Waals surface area (Å²) >= 11 is 0. The van der Waals surface area contributed by atoms with E-state index in [1.165, 1.54) is 5.56 Å². The second-order valence-corrected chi connectivity index (χ2v) is 7.43. The zero-order valence-electron chi connectivity index (χ0n) is 14.9. The number of alkyl carbamates (subject to hydrolysis) is 1. The Balaban J connectivity index is 1.66. The molecule has 23 heavy (non-hydrogen) atoms. The van der Waals surface area contributed by atoms with Crippen LogP contribution in [0.1, 0.15) is 58.9 Å². The van der Waals surface area contributed by atoms with Crippen molar-refractivity contribution >= 4 is 6.09 Å². The summed E-state index contributed by atoms with van der Waals surface area (Å²) in [6.45, 7) is 9.75. The lowest BCUT2D eigenvalue weighted by Gasteiger charge is -2.30. The molecule has 5 heteroatoms. The molecule has 130 valence electrons. The molecule has 1 aromatic heterocycles. The number of nitrogens with one attached hydrogen (secondary N) is 2. The molecule has 0 atom stereocenters. The number of carbonyl (C=O) groups is 1. The number of hydrogen-bond donors (Lipinski definition) is 2. The first-order valence-electron chi connectivity index (χ1n) is 8.73. The Hall–Kier alpha value is -1.49. The summed E-state index contributed by atoms with van der Waals surface area (Å²) in [5.41, 5.74) is 0.901. The molecule has 0 spiro atoms. The summed E-state index contributed by atoms with van der Waals surface area (Å²) in [7, 11) is 0. The van der Waals surface area contributed by atoms with Crippen LogP contribution in [0.2, 0.25) is 0 Å². The summed E-state index contributed by atoms with van der Waals surface area (Å²) in [6.07, 6.45) is 8.22. The maximum atomic E-state index is 11.8. The van der Waals surface area contributed by atoms with E-state index in [2.05, 4.69) is 40.6 Å². The Morgan fingerprint density at radius 2 is 1.91 bits per heavy atom. The maximum Gasteiger partial charge on any atom is 0.407 e. The van der Waals surface area contributed by atoms with Crippen molar-refractivity contribution in [3.8, 4) is 0 Å². The Labute approximate surface area is 139 Å². The first-order chi connectivity index (χ1) is 10.9. The summed E-state index contributed by atoms with van der Waals surface area (Å²) < 4.78 is 7.51. The highest BCUT2D eigenvalue weighted by Gasteiger charge is 2.24. The van der Waals surface area contributed by atoms with E-state index in [-0.39, 0.29) is 12.1 Å². The highest BCUT2D eigenvalue weighted by atomic mass is 16.6. The molecule has 1 saturated carbocycles. The predicted octanol–water partition coefficient (Wildman–Crippen LogP) is 3.43. The van der Waals surface area contributed by atoms with Crippen LogP contribution in [-0.2, 0) is 17.8 Å². The van der Waals surface area contributed by atoms with E-state index >= 15 is 0 Å². The molecule has 0 bridgehead atoms. The molecule has 0 saturated heterocycles. The van der Waals surface area contributed by atoms with Crippen LogP contribution in [0.4, 0.5) is 4.79 Å². The van der Waals surface area contributed by atoms with E-state index in [4.69, 9.17) is 4.74 Å². The van der Waals surface area contributed by atoms with Gasteiger partial charge in [-0.1, -0.05) is 0 Å². The molecule has 2 N–H and O–H groups in total. The van der Waals surface area contributed by atoms with E-state index in [0.29, 0.717) is 6.04 Å². The molecular formula is C18H31N3O2. The summed E-state index contributed by atoms with van der Waals surface area (Å²) in [4.78, 5) is 11.8. The molecular weight excluding hydrogens is 290 g/mol. The standard InChI is InChI=1S/C18H31N3O2/c1-5-21-11-10-14(13-21)12-19-15-6-8-16(9-7-15)20-17(22)23-18(2,3)4/h10-11,13,15-16,19H,5-9,12H2,1-4H3,(H,20,22). The third kappa shape index (κ3) is 6.26.